The molecule has 0 bridgehead atoms. The number of piperazine rings is 1. The maximum absolute atomic E-state index is 5.96. The summed E-state index contributed by atoms with van der Waals surface area (Å²) in [5.74, 6) is 0.838. The van der Waals surface area contributed by atoms with Crippen molar-refractivity contribution in [2.45, 2.75) is 38.9 Å². The summed E-state index contributed by atoms with van der Waals surface area (Å²) < 4.78 is 17.1. The van der Waals surface area contributed by atoms with E-state index in [2.05, 4.69) is 45.0 Å². The Morgan fingerprint density at radius 3 is 1.88 bits per heavy atom. The van der Waals surface area contributed by atoms with E-state index in [1.54, 1.807) is 7.11 Å². The summed E-state index contributed by atoms with van der Waals surface area (Å²) in [5.41, 5.74) is 0.430. The monoisotopic (exact) mass is 334 g/mol. The number of likely N-dealkylation sites (N-methyl/N-ethyl adjacent to an activating group) is 1. The van der Waals surface area contributed by atoms with E-state index in [1.165, 1.54) is 13.1 Å². The van der Waals surface area contributed by atoms with Gasteiger partial charge in [-0.3, -0.25) is 0 Å². The Bertz CT molecular complexity index is 498. The van der Waals surface area contributed by atoms with Crippen LogP contribution in [0.15, 0.2) is 24.3 Å². The number of rotatable bonds is 2. The molecule has 2 aliphatic heterocycles. The number of hydrogen-bond acceptors (Lipinski definition) is 5. The summed E-state index contributed by atoms with van der Waals surface area (Å²) in [6, 6.07) is 7.78. The van der Waals surface area contributed by atoms with Crippen LogP contribution in [0.5, 0.6) is 5.75 Å². The van der Waals surface area contributed by atoms with Gasteiger partial charge in [0.05, 0.1) is 18.3 Å². The zero-order chi connectivity index (χ0) is 17.8. The molecule has 134 valence electrons. The fourth-order valence-electron chi connectivity index (χ4n) is 2.52. The van der Waals surface area contributed by atoms with Gasteiger partial charge in [0.15, 0.2) is 0 Å². The molecule has 0 aromatic heterocycles. The lowest BCUT2D eigenvalue weighted by molar-refractivity contribution is 0.00578. The van der Waals surface area contributed by atoms with Gasteiger partial charge in [-0.15, -0.1) is 0 Å². The fraction of sp³-hybridized carbons (Fsp3) is 0.667. The zero-order valence-electron chi connectivity index (χ0n) is 15.9. The van der Waals surface area contributed by atoms with Crippen molar-refractivity contribution in [2.75, 3.05) is 40.3 Å². The van der Waals surface area contributed by atoms with Gasteiger partial charge in [0.1, 0.15) is 5.75 Å². The Morgan fingerprint density at radius 2 is 1.50 bits per heavy atom. The van der Waals surface area contributed by atoms with E-state index in [-0.39, 0.29) is 18.3 Å². The highest BCUT2D eigenvalue weighted by Crippen LogP contribution is 2.36. The van der Waals surface area contributed by atoms with Crippen molar-refractivity contribution in [3.63, 3.8) is 0 Å². The molecule has 24 heavy (non-hydrogen) atoms. The van der Waals surface area contributed by atoms with Crippen LogP contribution in [0.1, 0.15) is 27.7 Å². The van der Waals surface area contributed by atoms with Gasteiger partial charge < -0.3 is 24.3 Å². The summed E-state index contributed by atoms with van der Waals surface area (Å²) >= 11 is 0. The molecule has 2 aliphatic rings. The number of methoxy groups -OCH3 is 1. The quantitative estimate of drug-likeness (QED) is 0.831. The minimum atomic E-state index is -0.300. The summed E-state index contributed by atoms with van der Waals surface area (Å²) in [4.78, 5) is 2.33. The van der Waals surface area contributed by atoms with Gasteiger partial charge >= 0.3 is 7.12 Å². The molecule has 2 saturated heterocycles. The summed E-state index contributed by atoms with van der Waals surface area (Å²) in [5, 5.41) is 3.27. The number of benzene rings is 1. The van der Waals surface area contributed by atoms with E-state index in [1.807, 2.05) is 24.3 Å². The third-order valence-electron chi connectivity index (χ3n) is 4.98. The van der Waals surface area contributed by atoms with Gasteiger partial charge in [-0.25, -0.2) is 0 Å². The van der Waals surface area contributed by atoms with Crippen LogP contribution in [0.4, 0.5) is 0 Å². The lowest BCUT2D eigenvalue weighted by atomic mass is 9.79. The maximum atomic E-state index is 5.96. The second-order valence-electron chi connectivity index (χ2n) is 7.41. The third-order valence-corrected chi connectivity index (χ3v) is 4.98. The van der Waals surface area contributed by atoms with Gasteiger partial charge in [-0.1, -0.05) is 12.1 Å². The molecule has 0 amide bonds. The molecule has 2 heterocycles. The maximum Gasteiger partial charge on any atom is 0.494 e. The molecule has 6 heteroatoms. The van der Waals surface area contributed by atoms with Crippen LogP contribution >= 0.6 is 0 Å². The second kappa shape index (κ2) is 7.87. The zero-order valence-corrected chi connectivity index (χ0v) is 15.9. The highest BCUT2D eigenvalue weighted by atomic mass is 16.7. The van der Waals surface area contributed by atoms with Gasteiger partial charge in [0.2, 0.25) is 0 Å². The highest BCUT2D eigenvalue weighted by Gasteiger charge is 2.51. The van der Waals surface area contributed by atoms with Crippen molar-refractivity contribution in [3.8, 4) is 5.75 Å². The minimum Gasteiger partial charge on any atom is -0.497 e. The average molecular weight is 334 g/mol. The van der Waals surface area contributed by atoms with Crippen LogP contribution in [0.2, 0.25) is 0 Å². The molecule has 1 aromatic carbocycles. The van der Waals surface area contributed by atoms with E-state index in [4.69, 9.17) is 14.0 Å². The first kappa shape index (κ1) is 19.3. The van der Waals surface area contributed by atoms with Crippen LogP contribution in [-0.4, -0.2) is 63.6 Å². The molecule has 0 aliphatic carbocycles. The predicted octanol–water partition coefficient (Wildman–Crippen LogP) is 1.52. The first-order valence-electron chi connectivity index (χ1n) is 8.64. The van der Waals surface area contributed by atoms with E-state index in [9.17, 15) is 0 Å². The first-order valence-corrected chi connectivity index (χ1v) is 8.64. The Kier molecular flexibility index (Phi) is 6.31. The molecule has 0 atom stereocenters. The van der Waals surface area contributed by atoms with E-state index < -0.39 is 0 Å². The average Bonchev–Trinajstić information content (AvgIpc) is 2.77. The van der Waals surface area contributed by atoms with Crippen LogP contribution in [0.3, 0.4) is 0 Å². The van der Waals surface area contributed by atoms with Gasteiger partial charge in [-0.2, -0.15) is 0 Å². The molecule has 0 unspecified atom stereocenters. The van der Waals surface area contributed by atoms with Crippen molar-refractivity contribution in [2.24, 2.45) is 0 Å². The van der Waals surface area contributed by atoms with E-state index >= 15 is 0 Å². The lowest BCUT2D eigenvalue weighted by Gasteiger charge is -2.32. The Morgan fingerprint density at radius 1 is 1.00 bits per heavy atom. The smallest absolute Gasteiger partial charge is 0.494 e. The predicted molar refractivity (Wildman–Crippen MR) is 99.1 cm³/mol. The molecule has 0 radical (unpaired) electrons. The fourth-order valence-corrected chi connectivity index (χ4v) is 2.52. The van der Waals surface area contributed by atoms with Crippen LogP contribution < -0.4 is 15.5 Å². The Balaban J connectivity index is 0.000000249. The normalized spacial score (nSPS) is 22.7. The summed E-state index contributed by atoms with van der Waals surface area (Å²) in [6.45, 7) is 13.0. The number of nitrogens with zero attached hydrogens (tertiary/aromatic N) is 1. The van der Waals surface area contributed by atoms with Crippen molar-refractivity contribution in [3.05, 3.63) is 24.3 Å². The van der Waals surface area contributed by atoms with Gasteiger partial charge in [0, 0.05) is 26.2 Å². The van der Waals surface area contributed by atoms with Crippen LogP contribution in [0.25, 0.3) is 0 Å². The topological polar surface area (TPSA) is 43.0 Å². The molecular formula is C18H31BN2O3. The van der Waals surface area contributed by atoms with Crippen molar-refractivity contribution in [1.29, 1.82) is 0 Å². The number of hydrogen-bond donors (Lipinski definition) is 1. The lowest BCUT2D eigenvalue weighted by Crippen LogP contribution is -2.41. The van der Waals surface area contributed by atoms with E-state index in [0.717, 1.165) is 24.3 Å². The van der Waals surface area contributed by atoms with Crippen LogP contribution in [-0.2, 0) is 9.31 Å². The van der Waals surface area contributed by atoms with Crippen molar-refractivity contribution < 1.29 is 14.0 Å². The number of ether oxygens (including phenoxy) is 1. The van der Waals surface area contributed by atoms with Gasteiger partial charge in [0.25, 0.3) is 0 Å². The molecule has 1 aromatic rings. The Hall–Kier alpha value is -1.08. The van der Waals surface area contributed by atoms with Crippen LogP contribution in [0, 0.1) is 0 Å². The SMILES string of the molecule is CN1CCNCC1.COc1ccc(B2OC(C)(C)C(C)(C)O2)cc1. The molecule has 2 fully saturated rings. The van der Waals surface area contributed by atoms with Gasteiger partial charge in [-0.05, 0) is 52.3 Å². The molecular weight excluding hydrogens is 303 g/mol. The minimum absolute atomic E-state index is 0.294. The molecule has 5 nitrogen and oxygen atoms in total. The second-order valence-corrected chi connectivity index (χ2v) is 7.41. The Labute approximate surface area is 146 Å². The first-order chi connectivity index (χ1) is 11.2. The number of nitrogens with one attached hydrogen (secondary N) is 1. The molecule has 0 spiro atoms. The third kappa shape index (κ3) is 4.73. The van der Waals surface area contributed by atoms with E-state index in [0.29, 0.717) is 0 Å². The van der Waals surface area contributed by atoms with Crippen molar-refractivity contribution in [1.82, 2.24) is 10.2 Å². The highest BCUT2D eigenvalue weighted by molar-refractivity contribution is 6.62. The molecule has 1 N–H and O–H groups in total. The van der Waals surface area contributed by atoms with Crippen molar-refractivity contribution >= 4 is 12.6 Å². The largest absolute Gasteiger partial charge is 0.497 e. The summed E-state index contributed by atoms with van der Waals surface area (Å²) in [6.07, 6.45) is 0. The standard InChI is InChI=1S/C13H19BO3.C5H12N2/c1-12(2)13(3,4)17-14(16-12)10-6-8-11(15-5)9-7-10;1-7-4-2-6-3-5-7/h6-9H,1-5H3;6H,2-5H2,1H3. The molecule has 0 saturated carbocycles. The molecule has 3 rings (SSSR count). The summed E-state index contributed by atoms with van der Waals surface area (Å²) in [7, 11) is 3.51.